The highest BCUT2D eigenvalue weighted by atomic mass is 79.9. The molecule has 0 aliphatic heterocycles. The van der Waals surface area contributed by atoms with Crippen molar-refractivity contribution in [3.05, 3.63) is 64.8 Å². The Kier molecular flexibility index (Phi) is 5.14. The van der Waals surface area contributed by atoms with Gasteiger partial charge in [-0.05, 0) is 40.2 Å². The maximum absolute atomic E-state index is 12.2. The van der Waals surface area contributed by atoms with Crippen molar-refractivity contribution in [2.24, 2.45) is 0 Å². The minimum Gasteiger partial charge on any atom is -0.467 e. The first-order valence-corrected chi connectivity index (χ1v) is 8.12. The number of rotatable bonds is 6. The summed E-state index contributed by atoms with van der Waals surface area (Å²) in [5.74, 6) is 1.15. The number of nitrogen functional groups attached to an aromatic ring is 1. The van der Waals surface area contributed by atoms with Gasteiger partial charge in [0.1, 0.15) is 17.8 Å². The molecule has 1 amide bonds. The van der Waals surface area contributed by atoms with E-state index in [-0.39, 0.29) is 17.4 Å². The number of nitrogens with two attached hydrogens (primary N) is 1. The molecule has 1 aromatic carbocycles. The Morgan fingerprint density at radius 1 is 1.16 bits per heavy atom. The van der Waals surface area contributed by atoms with Crippen molar-refractivity contribution in [3.63, 3.8) is 0 Å². The lowest BCUT2D eigenvalue weighted by Crippen LogP contribution is -2.30. The summed E-state index contributed by atoms with van der Waals surface area (Å²) in [6.07, 6.45) is 2.93. The summed E-state index contributed by atoms with van der Waals surface area (Å²) in [6.45, 7) is 0.428. The quantitative estimate of drug-likeness (QED) is 0.468. The number of carbonyl (C=O) groups excluding carboxylic acids is 1. The van der Waals surface area contributed by atoms with E-state index >= 15 is 0 Å². The maximum Gasteiger partial charge on any atom is 0.270 e. The van der Waals surface area contributed by atoms with Crippen LogP contribution in [0.15, 0.2) is 57.9 Å². The molecule has 0 spiro atoms. The van der Waals surface area contributed by atoms with E-state index in [9.17, 15) is 4.79 Å². The van der Waals surface area contributed by atoms with Crippen molar-refractivity contribution in [2.75, 3.05) is 16.5 Å². The lowest BCUT2D eigenvalue weighted by molar-refractivity contribution is 0.0961. The minimum absolute atomic E-state index is 0.279. The van der Waals surface area contributed by atoms with Crippen LogP contribution in [0, 0.1) is 0 Å². The topological polar surface area (TPSA) is 118 Å². The largest absolute Gasteiger partial charge is 0.467 e. The van der Waals surface area contributed by atoms with Gasteiger partial charge in [0.2, 0.25) is 0 Å². The molecule has 9 heteroatoms. The van der Waals surface area contributed by atoms with E-state index in [2.05, 4.69) is 42.1 Å². The highest BCUT2D eigenvalue weighted by molar-refractivity contribution is 9.10. The molecule has 3 aromatic rings. The number of amides is 1. The molecule has 0 radical (unpaired) electrons. The molecule has 0 saturated carbocycles. The van der Waals surface area contributed by atoms with Crippen LogP contribution in [0.1, 0.15) is 16.1 Å². The molecule has 2 aromatic heterocycles. The third-order valence-corrected chi connectivity index (χ3v) is 4.00. The van der Waals surface area contributed by atoms with Gasteiger partial charge >= 0.3 is 0 Å². The number of hydrazine groups is 1. The zero-order chi connectivity index (χ0) is 17.6. The highest BCUT2D eigenvalue weighted by Gasteiger charge is 2.12. The Morgan fingerprint density at radius 3 is 2.72 bits per heavy atom. The second-order valence-electron chi connectivity index (χ2n) is 4.98. The summed E-state index contributed by atoms with van der Waals surface area (Å²) in [5.41, 5.74) is 12.1. The van der Waals surface area contributed by atoms with Crippen molar-refractivity contribution >= 4 is 39.2 Å². The Morgan fingerprint density at radius 2 is 1.96 bits per heavy atom. The Balaban J connectivity index is 1.65. The van der Waals surface area contributed by atoms with E-state index in [0.29, 0.717) is 22.4 Å². The predicted octanol–water partition coefficient (Wildman–Crippen LogP) is 2.78. The van der Waals surface area contributed by atoms with Gasteiger partial charge in [0.25, 0.3) is 5.91 Å². The van der Waals surface area contributed by atoms with Crippen LogP contribution in [-0.2, 0) is 6.54 Å². The van der Waals surface area contributed by atoms with Gasteiger partial charge in [0.05, 0.1) is 18.4 Å². The highest BCUT2D eigenvalue weighted by Crippen LogP contribution is 2.22. The second-order valence-corrected chi connectivity index (χ2v) is 5.83. The van der Waals surface area contributed by atoms with Crippen LogP contribution in [0.25, 0.3) is 0 Å². The van der Waals surface area contributed by atoms with Crippen molar-refractivity contribution < 1.29 is 9.21 Å². The van der Waals surface area contributed by atoms with Gasteiger partial charge in [-0.3, -0.25) is 15.6 Å². The van der Waals surface area contributed by atoms with Crippen LogP contribution in [0.5, 0.6) is 0 Å². The molecule has 0 atom stereocenters. The molecule has 2 heterocycles. The van der Waals surface area contributed by atoms with Crippen molar-refractivity contribution in [1.29, 1.82) is 0 Å². The molecule has 3 rings (SSSR count). The number of benzene rings is 1. The third-order valence-electron chi connectivity index (χ3n) is 3.31. The van der Waals surface area contributed by atoms with E-state index in [1.807, 2.05) is 12.1 Å². The fraction of sp³-hybridized carbons (Fsp3) is 0.0625. The summed E-state index contributed by atoms with van der Waals surface area (Å²) >= 11 is 3.33. The first-order chi connectivity index (χ1) is 12.1. The number of hydrogen-bond donors (Lipinski definition) is 4. The summed E-state index contributed by atoms with van der Waals surface area (Å²) < 4.78 is 5.93. The number of nitrogens with zero attached hydrogens (tertiary/aromatic N) is 2. The molecule has 0 unspecified atom stereocenters. The lowest BCUT2D eigenvalue weighted by Gasteiger charge is -2.13. The molecular weight excluding hydrogens is 388 g/mol. The van der Waals surface area contributed by atoms with E-state index in [1.54, 1.807) is 30.5 Å². The van der Waals surface area contributed by atoms with E-state index in [1.165, 1.54) is 6.33 Å². The average Bonchev–Trinajstić information content (AvgIpc) is 3.13. The Labute approximate surface area is 151 Å². The first kappa shape index (κ1) is 16.8. The second kappa shape index (κ2) is 7.67. The summed E-state index contributed by atoms with van der Waals surface area (Å²) in [7, 11) is 0. The summed E-state index contributed by atoms with van der Waals surface area (Å²) in [6, 6.07) is 10.7. The van der Waals surface area contributed by atoms with E-state index in [4.69, 9.17) is 10.2 Å². The van der Waals surface area contributed by atoms with Crippen molar-refractivity contribution in [1.82, 2.24) is 15.4 Å². The zero-order valence-corrected chi connectivity index (χ0v) is 14.6. The normalized spacial score (nSPS) is 10.3. The number of halogens is 1. The van der Waals surface area contributed by atoms with Gasteiger partial charge in [-0.2, -0.15) is 0 Å². The standard InChI is InChI=1S/C16H15BrN6O2/c17-12-6-2-1-5-11(12)16(24)23-22-15-13(18)14(20-9-21-15)19-8-10-4-3-7-25-10/h1-7,9H,8,18H2,(H,23,24)(H2,19,20,21,22). The number of aromatic nitrogens is 2. The van der Waals surface area contributed by atoms with Crippen LogP contribution in [0.2, 0.25) is 0 Å². The Bertz CT molecular complexity index is 869. The van der Waals surface area contributed by atoms with Gasteiger partial charge in [0, 0.05) is 4.47 Å². The first-order valence-electron chi connectivity index (χ1n) is 7.33. The SMILES string of the molecule is Nc1c(NCc2ccco2)ncnc1NNC(=O)c1ccccc1Br. The van der Waals surface area contributed by atoms with Gasteiger partial charge in [-0.1, -0.05) is 12.1 Å². The number of furan rings is 1. The van der Waals surface area contributed by atoms with E-state index in [0.717, 1.165) is 5.76 Å². The van der Waals surface area contributed by atoms with Crippen LogP contribution < -0.4 is 21.9 Å². The molecule has 5 N–H and O–H groups in total. The summed E-state index contributed by atoms with van der Waals surface area (Å²) in [5, 5.41) is 3.05. The lowest BCUT2D eigenvalue weighted by atomic mass is 10.2. The van der Waals surface area contributed by atoms with Crippen LogP contribution in [0.3, 0.4) is 0 Å². The fourth-order valence-corrected chi connectivity index (χ4v) is 2.51. The smallest absolute Gasteiger partial charge is 0.270 e. The van der Waals surface area contributed by atoms with Gasteiger partial charge in [-0.25, -0.2) is 9.97 Å². The van der Waals surface area contributed by atoms with Crippen molar-refractivity contribution in [2.45, 2.75) is 6.54 Å². The predicted molar refractivity (Wildman–Crippen MR) is 97.7 cm³/mol. The van der Waals surface area contributed by atoms with Crippen LogP contribution in [0.4, 0.5) is 17.3 Å². The number of carbonyl (C=O) groups is 1. The number of nitrogens with one attached hydrogen (secondary N) is 3. The Hall–Kier alpha value is -3.07. The van der Waals surface area contributed by atoms with Gasteiger partial charge < -0.3 is 15.5 Å². The minimum atomic E-state index is -0.324. The zero-order valence-electron chi connectivity index (χ0n) is 13.0. The van der Waals surface area contributed by atoms with E-state index < -0.39 is 0 Å². The fourth-order valence-electron chi connectivity index (χ4n) is 2.05. The van der Waals surface area contributed by atoms with Crippen LogP contribution >= 0.6 is 15.9 Å². The third kappa shape index (κ3) is 4.07. The monoisotopic (exact) mass is 402 g/mol. The van der Waals surface area contributed by atoms with Gasteiger partial charge in [0.15, 0.2) is 11.6 Å². The molecule has 8 nitrogen and oxygen atoms in total. The number of anilines is 3. The molecule has 25 heavy (non-hydrogen) atoms. The molecule has 0 bridgehead atoms. The molecule has 128 valence electrons. The molecular formula is C16H15BrN6O2. The molecule has 0 fully saturated rings. The average molecular weight is 403 g/mol. The van der Waals surface area contributed by atoms with Gasteiger partial charge in [-0.15, -0.1) is 0 Å². The summed E-state index contributed by atoms with van der Waals surface area (Å²) in [4.78, 5) is 20.3. The molecule has 0 aliphatic rings. The molecule has 0 aliphatic carbocycles. The van der Waals surface area contributed by atoms with Crippen molar-refractivity contribution in [3.8, 4) is 0 Å². The van der Waals surface area contributed by atoms with Crippen LogP contribution in [-0.4, -0.2) is 15.9 Å². The molecule has 0 saturated heterocycles. The maximum atomic E-state index is 12.2. The number of hydrogen-bond acceptors (Lipinski definition) is 7.